The van der Waals surface area contributed by atoms with Crippen LogP contribution in [0.25, 0.3) is 0 Å². The highest BCUT2D eigenvalue weighted by molar-refractivity contribution is 5.84. The molecule has 4 nitrogen and oxygen atoms in total. The molecule has 1 aromatic carbocycles. The predicted molar refractivity (Wildman–Crippen MR) is 84.9 cm³/mol. The van der Waals surface area contributed by atoms with Crippen LogP contribution in [0.2, 0.25) is 0 Å². The second-order valence-corrected chi connectivity index (χ2v) is 6.53. The summed E-state index contributed by atoms with van der Waals surface area (Å²) in [6.07, 6.45) is 4.08. The van der Waals surface area contributed by atoms with Crippen molar-refractivity contribution < 1.29 is 4.79 Å². The van der Waals surface area contributed by atoms with E-state index < -0.39 is 0 Å². The zero-order valence-electron chi connectivity index (χ0n) is 13.1. The van der Waals surface area contributed by atoms with Gasteiger partial charge in [0.1, 0.15) is 0 Å². The minimum Gasteiger partial charge on any atom is -0.356 e. The Morgan fingerprint density at radius 1 is 1.36 bits per heavy atom. The number of benzene rings is 1. The molecule has 1 amide bonds. The minimum atomic E-state index is -0.238. The number of hydrogen-bond donors (Lipinski definition) is 1. The van der Waals surface area contributed by atoms with Gasteiger partial charge in [-0.05, 0) is 50.8 Å². The Balaban J connectivity index is 1.83. The molecule has 1 spiro atoms. The Morgan fingerprint density at radius 2 is 2.14 bits per heavy atom. The minimum absolute atomic E-state index is 0.216. The van der Waals surface area contributed by atoms with Gasteiger partial charge in [-0.2, -0.15) is 5.26 Å². The zero-order chi connectivity index (χ0) is 15.6. The lowest BCUT2D eigenvalue weighted by Crippen LogP contribution is -2.59. The van der Waals surface area contributed by atoms with Gasteiger partial charge >= 0.3 is 0 Å². The molecule has 2 heterocycles. The van der Waals surface area contributed by atoms with E-state index in [4.69, 9.17) is 0 Å². The highest BCUT2D eigenvalue weighted by Gasteiger charge is 2.48. The summed E-state index contributed by atoms with van der Waals surface area (Å²) in [7, 11) is 0. The molecule has 0 bridgehead atoms. The quantitative estimate of drug-likeness (QED) is 0.912. The van der Waals surface area contributed by atoms with Gasteiger partial charge in [-0.3, -0.25) is 9.69 Å². The molecule has 0 unspecified atom stereocenters. The van der Waals surface area contributed by atoms with Crippen molar-refractivity contribution >= 4 is 5.91 Å². The first-order valence-electron chi connectivity index (χ1n) is 8.18. The normalized spacial score (nSPS) is 29.1. The zero-order valence-corrected chi connectivity index (χ0v) is 13.1. The molecule has 1 aromatic rings. The molecule has 4 heteroatoms. The number of nitriles is 1. The number of rotatable bonds is 2. The van der Waals surface area contributed by atoms with Gasteiger partial charge in [0.15, 0.2) is 0 Å². The Bertz CT molecular complexity index is 603. The third kappa shape index (κ3) is 2.50. The van der Waals surface area contributed by atoms with E-state index in [1.807, 2.05) is 24.3 Å². The van der Waals surface area contributed by atoms with Crippen molar-refractivity contribution in [2.24, 2.45) is 5.41 Å². The highest BCUT2D eigenvalue weighted by atomic mass is 16.2. The maximum absolute atomic E-state index is 12.5. The van der Waals surface area contributed by atoms with Crippen molar-refractivity contribution in [3.63, 3.8) is 0 Å². The van der Waals surface area contributed by atoms with Gasteiger partial charge in [0, 0.05) is 19.1 Å². The van der Waals surface area contributed by atoms with Crippen LogP contribution in [0.3, 0.4) is 0 Å². The van der Waals surface area contributed by atoms with Crippen LogP contribution in [0.5, 0.6) is 0 Å². The molecule has 22 heavy (non-hydrogen) atoms. The fourth-order valence-corrected chi connectivity index (χ4v) is 4.08. The first kappa shape index (κ1) is 15.1. The van der Waals surface area contributed by atoms with Gasteiger partial charge in [0.2, 0.25) is 5.91 Å². The van der Waals surface area contributed by atoms with Crippen molar-refractivity contribution in [2.75, 3.05) is 13.1 Å². The lowest BCUT2D eigenvalue weighted by molar-refractivity contribution is -0.142. The fourth-order valence-electron chi connectivity index (χ4n) is 4.08. The van der Waals surface area contributed by atoms with Crippen LogP contribution in [-0.4, -0.2) is 29.9 Å². The van der Waals surface area contributed by atoms with E-state index in [2.05, 4.69) is 23.2 Å². The molecular formula is C18H23N3O. The number of amides is 1. The van der Waals surface area contributed by atoms with Gasteiger partial charge in [0.25, 0.3) is 0 Å². The second kappa shape index (κ2) is 6.10. The first-order valence-corrected chi connectivity index (χ1v) is 8.18. The third-order valence-corrected chi connectivity index (χ3v) is 5.46. The molecular weight excluding hydrogens is 274 g/mol. The smallest absolute Gasteiger partial charge is 0.227 e. The van der Waals surface area contributed by atoms with Crippen molar-refractivity contribution in [2.45, 2.75) is 45.2 Å². The Hall–Kier alpha value is -1.86. The Kier molecular flexibility index (Phi) is 4.17. The van der Waals surface area contributed by atoms with E-state index >= 15 is 0 Å². The van der Waals surface area contributed by atoms with Gasteiger partial charge in [-0.1, -0.05) is 18.2 Å². The van der Waals surface area contributed by atoms with Crippen molar-refractivity contribution in [1.82, 2.24) is 10.2 Å². The molecule has 0 saturated carbocycles. The summed E-state index contributed by atoms with van der Waals surface area (Å²) in [4.78, 5) is 14.9. The Labute approximate surface area is 132 Å². The van der Waals surface area contributed by atoms with Gasteiger partial charge in [-0.25, -0.2) is 0 Å². The maximum Gasteiger partial charge on any atom is 0.227 e. The van der Waals surface area contributed by atoms with Crippen LogP contribution in [0.1, 0.15) is 43.7 Å². The number of carbonyl (C=O) groups excluding carboxylic acids is 1. The summed E-state index contributed by atoms with van der Waals surface area (Å²) in [6.45, 7) is 4.74. The van der Waals surface area contributed by atoms with E-state index in [1.54, 1.807) is 0 Å². The van der Waals surface area contributed by atoms with E-state index in [-0.39, 0.29) is 17.4 Å². The molecule has 2 atom stereocenters. The lowest BCUT2D eigenvalue weighted by atomic mass is 9.68. The average molecular weight is 297 g/mol. The van der Waals surface area contributed by atoms with E-state index in [0.29, 0.717) is 0 Å². The number of nitrogens with zero attached hydrogens (tertiary/aromatic N) is 2. The number of piperidine rings is 2. The molecule has 0 radical (unpaired) electrons. The molecule has 2 fully saturated rings. The summed E-state index contributed by atoms with van der Waals surface area (Å²) in [5, 5.41) is 12.3. The van der Waals surface area contributed by atoms with Gasteiger partial charge in [-0.15, -0.1) is 0 Å². The molecule has 3 rings (SSSR count). The van der Waals surface area contributed by atoms with Crippen LogP contribution in [0.15, 0.2) is 24.3 Å². The second-order valence-electron chi connectivity index (χ2n) is 6.53. The molecule has 1 N–H and O–H groups in total. The standard InChI is InChI=1S/C18H23N3O/c1-14-18(8-4-10-20-17(18)22)9-5-11-21(14)13-16-7-3-2-6-15(16)12-19/h2-3,6-7,14H,4-5,8-11,13H2,1H3,(H,20,22)/t14-,18-/m0/s1. The maximum atomic E-state index is 12.5. The number of likely N-dealkylation sites (tertiary alicyclic amines) is 1. The van der Waals surface area contributed by atoms with Gasteiger partial charge < -0.3 is 5.32 Å². The van der Waals surface area contributed by atoms with Crippen molar-refractivity contribution in [3.8, 4) is 6.07 Å². The predicted octanol–water partition coefficient (Wildman–Crippen LogP) is 2.44. The summed E-state index contributed by atoms with van der Waals surface area (Å²) in [5.74, 6) is 0.226. The largest absolute Gasteiger partial charge is 0.356 e. The van der Waals surface area contributed by atoms with Crippen molar-refractivity contribution in [3.05, 3.63) is 35.4 Å². The molecule has 2 aliphatic heterocycles. The Morgan fingerprint density at radius 3 is 2.91 bits per heavy atom. The number of hydrogen-bond acceptors (Lipinski definition) is 3. The van der Waals surface area contributed by atoms with E-state index in [0.717, 1.165) is 56.4 Å². The molecule has 2 aliphatic rings. The monoisotopic (exact) mass is 297 g/mol. The van der Waals surface area contributed by atoms with Crippen LogP contribution in [0, 0.1) is 16.7 Å². The van der Waals surface area contributed by atoms with Crippen molar-refractivity contribution in [1.29, 1.82) is 5.26 Å². The van der Waals surface area contributed by atoms with Crippen LogP contribution in [0.4, 0.5) is 0 Å². The SMILES string of the molecule is C[C@@H]1N(Cc2ccccc2C#N)CCC[C@@]12CCCNC2=O. The molecule has 0 aliphatic carbocycles. The summed E-state index contributed by atoms with van der Waals surface area (Å²) in [6, 6.07) is 10.3. The van der Waals surface area contributed by atoms with E-state index in [1.165, 1.54) is 0 Å². The van der Waals surface area contributed by atoms with Crippen LogP contribution in [-0.2, 0) is 11.3 Å². The van der Waals surface area contributed by atoms with Crippen LogP contribution >= 0.6 is 0 Å². The molecule has 116 valence electrons. The fraction of sp³-hybridized carbons (Fsp3) is 0.556. The average Bonchev–Trinajstić information content (AvgIpc) is 2.55. The lowest BCUT2D eigenvalue weighted by Gasteiger charge is -2.49. The number of nitrogens with one attached hydrogen (secondary N) is 1. The highest BCUT2D eigenvalue weighted by Crippen LogP contribution is 2.42. The van der Waals surface area contributed by atoms with Crippen LogP contribution < -0.4 is 5.32 Å². The van der Waals surface area contributed by atoms with Gasteiger partial charge in [0.05, 0.1) is 17.0 Å². The third-order valence-electron chi connectivity index (χ3n) is 5.46. The molecule has 0 aromatic heterocycles. The summed E-state index contributed by atoms with van der Waals surface area (Å²) < 4.78 is 0. The first-order chi connectivity index (χ1) is 10.7. The topological polar surface area (TPSA) is 56.1 Å². The summed E-state index contributed by atoms with van der Waals surface area (Å²) >= 11 is 0. The van der Waals surface area contributed by atoms with E-state index in [9.17, 15) is 10.1 Å². The summed E-state index contributed by atoms with van der Waals surface area (Å²) in [5.41, 5.74) is 1.56. The number of carbonyl (C=O) groups is 1. The molecule has 2 saturated heterocycles.